The van der Waals surface area contributed by atoms with Crippen LogP contribution in [0.3, 0.4) is 0 Å². The van der Waals surface area contributed by atoms with Crippen molar-refractivity contribution in [2.24, 2.45) is 0 Å². The van der Waals surface area contributed by atoms with Gasteiger partial charge in [-0.25, -0.2) is 22.8 Å². The van der Waals surface area contributed by atoms with E-state index < -0.39 is 27.4 Å². The van der Waals surface area contributed by atoms with E-state index in [0.29, 0.717) is 0 Å². The number of hydrogen-bond donors (Lipinski definition) is 0. The van der Waals surface area contributed by atoms with Crippen molar-refractivity contribution in [1.82, 2.24) is 9.97 Å². The van der Waals surface area contributed by atoms with E-state index >= 15 is 0 Å². The first-order valence-electron chi connectivity index (χ1n) is 9.23. The highest BCUT2D eigenvalue weighted by Crippen LogP contribution is 2.39. The molecule has 0 saturated heterocycles. The maximum absolute atomic E-state index is 13.9. The molecule has 0 bridgehead atoms. The molecule has 0 aliphatic heterocycles. The molecule has 33 heavy (non-hydrogen) atoms. The van der Waals surface area contributed by atoms with Crippen molar-refractivity contribution in [2.45, 2.75) is 11.1 Å². The van der Waals surface area contributed by atoms with Crippen LogP contribution in [0.2, 0.25) is 5.02 Å². The third kappa shape index (κ3) is 4.76. The van der Waals surface area contributed by atoms with E-state index in [9.17, 15) is 26.0 Å². The predicted octanol–water partition coefficient (Wildman–Crippen LogP) is 6.30. The fraction of sp³-hybridized carbons (Fsp3) is 0.0909. The normalized spacial score (nSPS) is 12.2. The number of aromatic nitrogens is 2. The Balaban J connectivity index is 1.82. The minimum absolute atomic E-state index is 0.0874. The third-order valence-corrected chi connectivity index (χ3v) is 6.09. The molecule has 0 amide bonds. The van der Waals surface area contributed by atoms with Gasteiger partial charge in [0.25, 0.3) is 0 Å². The first kappa shape index (κ1) is 22.9. The number of alkyl halides is 3. The van der Waals surface area contributed by atoms with Crippen molar-refractivity contribution >= 4 is 32.3 Å². The van der Waals surface area contributed by atoms with Crippen LogP contribution in [0.4, 0.5) is 17.6 Å². The number of benzene rings is 3. The number of sulfone groups is 1. The second-order valence-corrected chi connectivity index (χ2v) is 9.48. The van der Waals surface area contributed by atoms with E-state index in [0.717, 1.165) is 36.8 Å². The molecule has 0 fully saturated rings. The first-order valence-corrected chi connectivity index (χ1v) is 11.5. The number of fused-ring (bicyclic) bond motifs is 1. The minimum atomic E-state index is -4.62. The monoisotopic (exact) mass is 496 g/mol. The Morgan fingerprint density at radius 3 is 2.42 bits per heavy atom. The van der Waals surface area contributed by atoms with Crippen LogP contribution in [0.15, 0.2) is 65.8 Å². The summed E-state index contributed by atoms with van der Waals surface area (Å²) < 4.78 is 83.3. The van der Waals surface area contributed by atoms with Gasteiger partial charge in [-0.05, 0) is 36.4 Å². The van der Waals surface area contributed by atoms with Crippen LogP contribution in [0.25, 0.3) is 22.2 Å². The van der Waals surface area contributed by atoms with E-state index in [4.69, 9.17) is 16.3 Å². The molecule has 170 valence electrons. The standard InChI is InChI=1S/C22H13ClF4N2O3S/c1-33(30,31)15-8-12(24)7-14(9-15)32-13-5-6-19(23)17(10-13)20-16-3-2-4-18(22(25,26)27)21(16)29-11-28-20/h2-11H,1H3. The van der Waals surface area contributed by atoms with Crippen LogP contribution in [0.1, 0.15) is 5.56 Å². The maximum Gasteiger partial charge on any atom is 0.418 e. The molecule has 11 heteroatoms. The Morgan fingerprint density at radius 2 is 1.73 bits per heavy atom. The van der Waals surface area contributed by atoms with Crippen molar-refractivity contribution in [1.29, 1.82) is 0 Å². The van der Waals surface area contributed by atoms with Crippen LogP contribution in [-0.2, 0) is 16.0 Å². The third-order valence-electron chi connectivity index (χ3n) is 4.67. The maximum atomic E-state index is 13.9. The lowest BCUT2D eigenvalue weighted by Gasteiger charge is -2.13. The number of para-hydroxylation sites is 1. The lowest BCUT2D eigenvalue weighted by atomic mass is 10.0. The largest absolute Gasteiger partial charge is 0.457 e. The molecule has 0 aliphatic carbocycles. The Bertz CT molecular complexity index is 1490. The molecule has 1 aromatic heterocycles. The van der Waals surface area contributed by atoms with Crippen LogP contribution in [-0.4, -0.2) is 24.6 Å². The molecule has 3 aromatic carbocycles. The van der Waals surface area contributed by atoms with Gasteiger partial charge in [0.1, 0.15) is 23.6 Å². The fourth-order valence-electron chi connectivity index (χ4n) is 3.23. The number of hydrogen-bond acceptors (Lipinski definition) is 5. The van der Waals surface area contributed by atoms with Crippen molar-refractivity contribution in [2.75, 3.05) is 6.26 Å². The van der Waals surface area contributed by atoms with E-state index in [1.807, 2.05) is 0 Å². The van der Waals surface area contributed by atoms with Crippen molar-refractivity contribution in [3.05, 3.63) is 77.3 Å². The Morgan fingerprint density at radius 1 is 0.970 bits per heavy atom. The summed E-state index contributed by atoms with van der Waals surface area (Å²) in [6.07, 6.45) is -2.68. The average molecular weight is 497 g/mol. The SMILES string of the molecule is CS(=O)(=O)c1cc(F)cc(Oc2ccc(Cl)c(-c3ncnc4c(C(F)(F)F)cccc34)c2)c1. The van der Waals surface area contributed by atoms with Gasteiger partial charge in [0, 0.05) is 23.3 Å². The van der Waals surface area contributed by atoms with Gasteiger partial charge in [-0.15, -0.1) is 0 Å². The van der Waals surface area contributed by atoms with Crippen LogP contribution in [0.5, 0.6) is 11.5 Å². The number of rotatable bonds is 4. The lowest BCUT2D eigenvalue weighted by Crippen LogP contribution is -2.07. The molecule has 4 aromatic rings. The molecule has 1 heterocycles. The molecule has 0 radical (unpaired) electrons. The zero-order chi connectivity index (χ0) is 24.0. The van der Waals surface area contributed by atoms with E-state index in [-0.39, 0.29) is 43.6 Å². The molecule has 0 unspecified atom stereocenters. The summed E-state index contributed by atoms with van der Waals surface area (Å²) in [5, 5.41) is 0.298. The molecule has 0 spiro atoms. The summed E-state index contributed by atoms with van der Waals surface area (Å²) in [5.74, 6) is -0.766. The van der Waals surface area contributed by atoms with Crippen LogP contribution in [0, 0.1) is 5.82 Å². The van der Waals surface area contributed by atoms with Gasteiger partial charge in [-0.2, -0.15) is 13.2 Å². The number of halogens is 5. The molecular formula is C22H13ClF4N2O3S. The van der Waals surface area contributed by atoms with Crippen LogP contribution >= 0.6 is 11.6 Å². The second kappa shape index (κ2) is 8.27. The van der Waals surface area contributed by atoms with Gasteiger partial charge < -0.3 is 4.74 Å². The molecule has 0 saturated carbocycles. The smallest absolute Gasteiger partial charge is 0.418 e. The van der Waals surface area contributed by atoms with Crippen LogP contribution < -0.4 is 4.74 Å². The summed E-state index contributed by atoms with van der Waals surface area (Å²) in [5.41, 5.74) is -0.821. The molecule has 0 aliphatic rings. The summed E-state index contributed by atoms with van der Waals surface area (Å²) in [6.45, 7) is 0. The summed E-state index contributed by atoms with van der Waals surface area (Å²) in [6, 6.07) is 10.9. The highest BCUT2D eigenvalue weighted by Gasteiger charge is 2.33. The summed E-state index contributed by atoms with van der Waals surface area (Å²) in [4.78, 5) is 7.63. The Hall–Kier alpha value is -3.24. The van der Waals surface area contributed by atoms with Gasteiger partial charge in [0.05, 0.1) is 26.7 Å². The van der Waals surface area contributed by atoms with Gasteiger partial charge in [-0.3, -0.25) is 0 Å². The highest BCUT2D eigenvalue weighted by molar-refractivity contribution is 7.90. The first-order chi connectivity index (χ1) is 15.4. The highest BCUT2D eigenvalue weighted by atomic mass is 35.5. The molecule has 5 nitrogen and oxygen atoms in total. The second-order valence-electron chi connectivity index (χ2n) is 7.06. The zero-order valence-corrected chi connectivity index (χ0v) is 18.3. The van der Waals surface area contributed by atoms with E-state index in [1.54, 1.807) is 0 Å². The van der Waals surface area contributed by atoms with Crippen molar-refractivity contribution < 1.29 is 30.7 Å². The van der Waals surface area contributed by atoms with Gasteiger partial charge in [-0.1, -0.05) is 23.7 Å². The van der Waals surface area contributed by atoms with Gasteiger partial charge in [0.2, 0.25) is 0 Å². The minimum Gasteiger partial charge on any atom is -0.457 e. The van der Waals surface area contributed by atoms with Crippen molar-refractivity contribution in [3.63, 3.8) is 0 Å². The predicted molar refractivity (Wildman–Crippen MR) is 115 cm³/mol. The van der Waals surface area contributed by atoms with E-state index in [1.165, 1.54) is 30.3 Å². The average Bonchev–Trinajstić information content (AvgIpc) is 2.72. The zero-order valence-electron chi connectivity index (χ0n) is 16.7. The Labute approximate surface area is 190 Å². The van der Waals surface area contributed by atoms with E-state index in [2.05, 4.69) is 9.97 Å². The fourth-order valence-corrected chi connectivity index (χ4v) is 4.09. The lowest BCUT2D eigenvalue weighted by molar-refractivity contribution is -0.136. The molecular weight excluding hydrogens is 484 g/mol. The quantitative estimate of drug-likeness (QED) is 0.310. The van der Waals surface area contributed by atoms with Gasteiger partial charge in [0.15, 0.2) is 9.84 Å². The molecule has 0 atom stereocenters. The number of nitrogens with zero attached hydrogens (tertiary/aromatic N) is 2. The summed E-state index contributed by atoms with van der Waals surface area (Å²) >= 11 is 6.30. The molecule has 4 rings (SSSR count). The molecule has 0 N–H and O–H groups in total. The topological polar surface area (TPSA) is 69.2 Å². The Kier molecular flexibility index (Phi) is 5.75. The van der Waals surface area contributed by atoms with Gasteiger partial charge >= 0.3 is 6.18 Å². The summed E-state index contributed by atoms with van der Waals surface area (Å²) in [7, 11) is -3.69. The van der Waals surface area contributed by atoms with Crippen molar-refractivity contribution in [3.8, 4) is 22.8 Å². The number of ether oxygens (including phenoxy) is 1.